The lowest BCUT2D eigenvalue weighted by atomic mass is 10.0. The van der Waals surface area contributed by atoms with Crippen LogP contribution in [0.3, 0.4) is 0 Å². The zero-order valence-corrected chi connectivity index (χ0v) is 20.0. The third-order valence-corrected chi connectivity index (χ3v) is 6.44. The number of nitrogens with zero attached hydrogens (tertiary/aromatic N) is 1. The molecular weight excluding hydrogens is 454 g/mol. The molecule has 9 heteroatoms. The summed E-state index contributed by atoms with van der Waals surface area (Å²) in [4.78, 5) is 27.8. The van der Waals surface area contributed by atoms with Gasteiger partial charge in [0.15, 0.2) is 5.06 Å². The summed E-state index contributed by atoms with van der Waals surface area (Å²) in [5.41, 5.74) is 1.74. The maximum absolute atomic E-state index is 12.6. The first-order chi connectivity index (χ1) is 15.4. The molecule has 0 bridgehead atoms. The summed E-state index contributed by atoms with van der Waals surface area (Å²) in [6.45, 7) is 5.70. The van der Waals surface area contributed by atoms with E-state index in [0.29, 0.717) is 42.0 Å². The summed E-state index contributed by atoms with van der Waals surface area (Å²) >= 11 is 7.81. The first-order valence-electron chi connectivity index (χ1n) is 10.5. The van der Waals surface area contributed by atoms with Crippen LogP contribution in [-0.2, 0) is 36.8 Å². The van der Waals surface area contributed by atoms with E-state index in [1.54, 1.807) is 6.07 Å². The van der Waals surface area contributed by atoms with Crippen molar-refractivity contribution in [2.75, 3.05) is 33.5 Å². The lowest BCUT2D eigenvalue weighted by Gasteiger charge is -2.33. The standard InChI is InChI=1S/C23H28ClNO6S/c1-15(2)30-11-10-29-14-20(26)31-21-12-16-13-25(9-8-19(16)32-21)22(23(27)28-3)17-6-4-5-7-18(17)24/h4-7,12,15,22H,8-11,13-14H2,1-3H3/t22-/m0/s1. The van der Waals surface area contributed by atoms with Crippen molar-refractivity contribution in [3.05, 3.63) is 51.4 Å². The van der Waals surface area contributed by atoms with Crippen LogP contribution in [0.4, 0.5) is 0 Å². The molecule has 1 aromatic heterocycles. The van der Waals surface area contributed by atoms with Gasteiger partial charge in [0.1, 0.15) is 12.6 Å². The molecule has 0 saturated carbocycles. The van der Waals surface area contributed by atoms with Gasteiger partial charge in [0.25, 0.3) is 0 Å². The molecule has 1 aromatic carbocycles. The Balaban J connectivity index is 1.61. The molecule has 1 aliphatic heterocycles. The quantitative estimate of drug-likeness (QED) is 0.374. The average molecular weight is 482 g/mol. The second kappa shape index (κ2) is 11.8. The van der Waals surface area contributed by atoms with Crippen LogP contribution in [0.25, 0.3) is 0 Å². The van der Waals surface area contributed by atoms with Crippen LogP contribution in [0.5, 0.6) is 5.06 Å². The highest BCUT2D eigenvalue weighted by molar-refractivity contribution is 7.14. The Kier molecular flexibility index (Phi) is 9.07. The molecule has 0 saturated heterocycles. The second-order valence-electron chi connectivity index (χ2n) is 7.63. The third kappa shape index (κ3) is 6.52. The summed E-state index contributed by atoms with van der Waals surface area (Å²) < 4.78 is 21.2. The minimum absolute atomic E-state index is 0.124. The van der Waals surface area contributed by atoms with Crippen LogP contribution in [-0.4, -0.2) is 56.4 Å². The van der Waals surface area contributed by atoms with Crippen molar-refractivity contribution in [1.82, 2.24) is 4.90 Å². The van der Waals surface area contributed by atoms with Crippen LogP contribution >= 0.6 is 22.9 Å². The number of esters is 2. The molecule has 0 unspecified atom stereocenters. The molecule has 0 radical (unpaired) electrons. The number of carbonyl (C=O) groups is 2. The van der Waals surface area contributed by atoms with E-state index < -0.39 is 12.0 Å². The van der Waals surface area contributed by atoms with Crippen LogP contribution in [0.2, 0.25) is 5.02 Å². The van der Waals surface area contributed by atoms with Gasteiger partial charge in [-0.2, -0.15) is 0 Å². The molecule has 2 heterocycles. The van der Waals surface area contributed by atoms with Gasteiger partial charge in [-0.1, -0.05) is 29.8 Å². The number of hydrogen-bond donors (Lipinski definition) is 0. The number of carbonyl (C=O) groups excluding carboxylic acids is 2. The summed E-state index contributed by atoms with van der Waals surface area (Å²) in [5.74, 6) is -0.810. The average Bonchev–Trinajstić information content (AvgIpc) is 3.16. The van der Waals surface area contributed by atoms with E-state index in [-0.39, 0.29) is 18.7 Å². The van der Waals surface area contributed by atoms with E-state index in [9.17, 15) is 9.59 Å². The van der Waals surface area contributed by atoms with Crippen molar-refractivity contribution < 1.29 is 28.5 Å². The van der Waals surface area contributed by atoms with Crippen molar-refractivity contribution in [3.8, 4) is 5.06 Å². The van der Waals surface area contributed by atoms with Gasteiger partial charge < -0.3 is 18.9 Å². The second-order valence-corrected chi connectivity index (χ2v) is 9.13. The number of rotatable bonds is 10. The molecule has 0 aliphatic carbocycles. The summed E-state index contributed by atoms with van der Waals surface area (Å²) in [7, 11) is 1.38. The van der Waals surface area contributed by atoms with Gasteiger partial charge in [0.05, 0.1) is 26.4 Å². The number of methoxy groups -OCH3 is 1. The normalized spacial score (nSPS) is 14.8. The number of halogens is 1. The first kappa shape index (κ1) is 24.7. The molecule has 174 valence electrons. The van der Waals surface area contributed by atoms with Crippen LogP contribution in [0.1, 0.15) is 35.9 Å². The molecule has 32 heavy (non-hydrogen) atoms. The Morgan fingerprint density at radius 1 is 1.22 bits per heavy atom. The molecular formula is C23H28ClNO6S. The Labute approximate surface area is 197 Å². The van der Waals surface area contributed by atoms with Crippen molar-refractivity contribution in [3.63, 3.8) is 0 Å². The van der Waals surface area contributed by atoms with Gasteiger partial charge >= 0.3 is 11.9 Å². The molecule has 0 spiro atoms. The number of fused-ring (bicyclic) bond motifs is 1. The predicted octanol–water partition coefficient (Wildman–Crippen LogP) is 4.02. The largest absolute Gasteiger partial charge is 0.468 e. The predicted molar refractivity (Wildman–Crippen MR) is 122 cm³/mol. The highest BCUT2D eigenvalue weighted by atomic mass is 35.5. The first-order valence-corrected chi connectivity index (χ1v) is 11.7. The fraction of sp³-hybridized carbons (Fsp3) is 0.478. The van der Waals surface area contributed by atoms with Gasteiger partial charge in [-0.3, -0.25) is 4.90 Å². The number of thiophene rings is 1. The Bertz CT molecular complexity index is 931. The van der Waals surface area contributed by atoms with Gasteiger partial charge in [-0.25, -0.2) is 9.59 Å². The van der Waals surface area contributed by atoms with Crippen molar-refractivity contribution in [2.45, 2.75) is 39.0 Å². The monoisotopic (exact) mass is 481 g/mol. The maximum atomic E-state index is 12.6. The number of benzene rings is 1. The van der Waals surface area contributed by atoms with E-state index >= 15 is 0 Å². The molecule has 1 aliphatic rings. The number of hydrogen-bond acceptors (Lipinski definition) is 8. The van der Waals surface area contributed by atoms with Gasteiger partial charge in [-0.15, -0.1) is 11.3 Å². The fourth-order valence-corrected chi connectivity index (χ4v) is 4.79. The Morgan fingerprint density at radius 3 is 2.72 bits per heavy atom. The van der Waals surface area contributed by atoms with Crippen LogP contribution in [0, 0.1) is 0 Å². The molecule has 7 nitrogen and oxygen atoms in total. The SMILES string of the molecule is COC(=O)[C@H](c1ccccc1Cl)N1CCc2sc(OC(=O)COCCOC(C)C)cc2C1. The molecule has 0 amide bonds. The fourth-order valence-electron chi connectivity index (χ4n) is 3.52. The van der Waals surface area contributed by atoms with E-state index in [1.165, 1.54) is 18.4 Å². The zero-order chi connectivity index (χ0) is 23.1. The zero-order valence-electron chi connectivity index (χ0n) is 18.5. The smallest absolute Gasteiger partial charge is 0.338 e. The number of ether oxygens (including phenoxy) is 4. The summed E-state index contributed by atoms with van der Waals surface area (Å²) in [6, 6.07) is 8.54. The van der Waals surface area contributed by atoms with Crippen molar-refractivity contribution >= 4 is 34.9 Å². The lowest BCUT2D eigenvalue weighted by Crippen LogP contribution is -2.38. The summed E-state index contributed by atoms with van der Waals surface area (Å²) in [5, 5.41) is 1.05. The molecule has 1 atom stereocenters. The van der Waals surface area contributed by atoms with Gasteiger partial charge in [-0.05, 0) is 43.5 Å². The molecule has 2 aromatic rings. The van der Waals surface area contributed by atoms with Gasteiger partial charge in [0, 0.05) is 23.0 Å². The van der Waals surface area contributed by atoms with E-state index in [2.05, 4.69) is 0 Å². The molecule has 0 fully saturated rings. The van der Waals surface area contributed by atoms with Gasteiger partial charge in [0.2, 0.25) is 0 Å². The van der Waals surface area contributed by atoms with Crippen molar-refractivity contribution in [1.29, 1.82) is 0 Å². The Morgan fingerprint density at radius 2 is 2.00 bits per heavy atom. The minimum Gasteiger partial charge on any atom is -0.468 e. The van der Waals surface area contributed by atoms with Crippen LogP contribution in [0.15, 0.2) is 30.3 Å². The molecule has 0 N–H and O–H groups in total. The Hall–Kier alpha value is -1.97. The lowest BCUT2D eigenvalue weighted by molar-refractivity contribution is -0.147. The summed E-state index contributed by atoms with van der Waals surface area (Å²) in [6.07, 6.45) is 0.859. The maximum Gasteiger partial charge on any atom is 0.338 e. The van der Waals surface area contributed by atoms with E-state index in [1.807, 2.05) is 43.0 Å². The molecule has 3 rings (SSSR count). The van der Waals surface area contributed by atoms with E-state index in [0.717, 1.165) is 16.9 Å². The highest BCUT2D eigenvalue weighted by Crippen LogP contribution is 2.37. The highest BCUT2D eigenvalue weighted by Gasteiger charge is 2.33. The van der Waals surface area contributed by atoms with Crippen molar-refractivity contribution in [2.24, 2.45) is 0 Å². The minimum atomic E-state index is -0.603. The topological polar surface area (TPSA) is 74.3 Å². The van der Waals surface area contributed by atoms with E-state index in [4.69, 9.17) is 30.5 Å². The van der Waals surface area contributed by atoms with Crippen LogP contribution < -0.4 is 4.74 Å². The third-order valence-electron chi connectivity index (χ3n) is 4.98.